The average molecular weight is 258 g/mol. The van der Waals surface area contributed by atoms with Gasteiger partial charge in [-0.1, -0.05) is 6.92 Å². The Kier molecular flexibility index (Phi) is 4.32. The molecule has 102 valence electrons. The second kappa shape index (κ2) is 5.97. The molecule has 19 heavy (non-hydrogen) atoms. The lowest BCUT2D eigenvalue weighted by molar-refractivity contribution is 0.666. The summed E-state index contributed by atoms with van der Waals surface area (Å²) in [5, 5.41) is 8.00. The molecule has 0 saturated carbocycles. The molecular weight excluding hydrogens is 236 g/mol. The van der Waals surface area contributed by atoms with Crippen LogP contribution in [0.1, 0.15) is 36.0 Å². The molecule has 0 saturated heterocycles. The van der Waals surface area contributed by atoms with Gasteiger partial charge in [-0.3, -0.25) is 4.98 Å². The smallest absolute Gasteiger partial charge is 0.0727 e. The van der Waals surface area contributed by atoms with Crippen LogP contribution in [0.2, 0.25) is 0 Å². The summed E-state index contributed by atoms with van der Waals surface area (Å²) < 4.78 is 2.01. The van der Waals surface area contributed by atoms with Crippen LogP contribution < -0.4 is 5.32 Å². The van der Waals surface area contributed by atoms with Crippen LogP contribution in [-0.2, 0) is 6.54 Å². The standard InChI is InChI=1S/C15H22N4/c1-5-6-16-9-14-10-17-11(2)8-15(14)19-13(4)7-12(3)18-19/h7-8,10,16H,5-6,9H2,1-4H3. The summed E-state index contributed by atoms with van der Waals surface area (Å²) in [5.41, 5.74) is 5.52. The summed E-state index contributed by atoms with van der Waals surface area (Å²) in [4.78, 5) is 4.40. The Morgan fingerprint density at radius 1 is 1.16 bits per heavy atom. The Balaban J connectivity index is 2.37. The predicted octanol–water partition coefficient (Wildman–Crippen LogP) is 2.69. The van der Waals surface area contributed by atoms with E-state index in [4.69, 9.17) is 0 Å². The second-order valence-corrected chi connectivity index (χ2v) is 4.97. The first-order valence-corrected chi connectivity index (χ1v) is 6.81. The fourth-order valence-corrected chi connectivity index (χ4v) is 2.18. The van der Waals surface area contributed by atoms with E-state index in [1.165, 1.54) is 5.56 Å². The highest BCUT2D eigenvalue weighted by Gasteiger charge is 2.09. The van der Waals surface area contributed by atoms with E-state index in [0.717, 1.165) is 42.3 Å². The molecule has 1 N–H and O–H groups in total. The second-order valence-electron chi connectivity index (χ2n) is 4.97. The van der Waals surface area contributed by atoms with Crippen LogP contribution in [0.15, 0.2) is 18.3 Å². The van der Waals surface area contributed by atoms with Crippen LogP contribution in [0, 0.1) is 20.8 Å². The number of pyridine rings is 1. The molecule has 2 aromatic heterocycles. The third-order valence-electron chi connectivity index (χ3n) is 3.08. The summed E-state index contributed by atoms with van der Waals surface area (Å²) in [6.07, 6.45) is 3.08. The third kappa shape index (κ3) is 3.20. The molecule has 0 atom stereocenters. The quantitative estimate of drug-likeness (QED) is 0.838. The van der Waals surface area contributed by atoms with Crippen LogP contribution in [0.25, 0.3) is 5.69 Å². The van der Waals surface area contributed by atoms with Gasteiger partial charge in [-0.15, -0.1) is 0 Å². The number of nitrogens with zero attached hydrogens (tertiary/aromatic N) is 3. The van der Waals surface area contributed by atoms with Crippen LogP contribution in [0.3, 0.4) is 0 Å². The van der Waals surface area contributed by atoms with Gasteiger partial charge in [0.25, 0.3) is 0 Å². The van der Waals surface area contributed by atoms with Gasteiger partial charge in [-0.2, -0.15) is 5.10 Å². The maximum atomic E-state index is 4.57. The zero-order chi connectivity index (χ0) is 13.8. The Morgan fingerprint density at radius 2 is 1.95 bits per heavy atom. The molecule has 0 aromatic carbocycles. The summed E-state index contributed by atoms with van der Waals surface area (Å²) in [7, 11) is 0. The van der Waals surface area contributed by atoms with Crippen molar-refractivity contribution in [3.63, 3.8) is 0 Å². The van der Waals surface area contributed by atoms with Gasteiger partial charge < -0.3 is 5.32 Å². The van der Waals surface area contributed by atoms with Crippen molar-refractivity contribution in [1.29, 1.82) is 0 Å². The maximum absolute atomic E-state index is 4.57. The fraction of sp³-hybridized carbons (Fsp3) is 0.467. The van der Waals surface area contributed by atoms with E-state index in [9.17, 15) is 0 Å². The SMILES string of the molecule is CCCNCc1cnc(C)cc1-n1nc(C)cc1C. The summed E-state index contributed by atoms with van der Waals surface area (Å²) in [6.45, 7) is 10.1. The highest BCUT2D eigenvalue weighted by atomic mass is 15.3. The Bertz CT molecular complexity index is 557. The molecule has 0 aliphatic heterocycles. The van der Waals surface area contributed by atoms with Crippen LogP contribution in [0.5, 0.6) is 0 Å². The minimum atomic E-state index is 0.828. The molecule has 0 spiro atoms. The number of rotatable bonds is 5. The van der Waals surface area contributed by atoms with E-state index in [1.54, 1.807) is 0 Å². The first-order chi connectivity index (χ1) is 9.11. The monoisotopic (exact) mass is 258 g/mol. The molecule has 0 amide bonds. The van der Waals surface area contributed by atoms with Gasteiger partial charge in [0.1, 0.15) is 0 Å². The molecular formula is C15H22N4. The molecule has 0 fully saturated rings. The third-order valence-corrected chi connectivity index (χ3v) is 3.08. The number of aromatic nitrogens is 3. The Labute approximate surface area is 114 Å². The van der Waals surface area contributed by atoms with E-state index in [2.05, 4.69) is 41.4 Å². The molecule has 0 unspecified atom stereocenters. The van der Waals surface area contributed by atoms with Crippen molar-refractivity contribution in [2.24, 2.45) is 0 Å². The largest absolute Gasteiger partial charge is 0.313 e. The first kappa shape index (κ1) is 13.7. The molecule has 4 heteroatoms. The lowest BCUT2D eigenvalue weighted by Crippen LogP contribution is -2.16. The number of aryl methyl sites for hydroxylation is 3. The van der Waals surface area contributed by atoms with Gasteiger partial charge >= 0.3 is 0 Å². The minimum absolute atomic E-state index is 0.828. The van der Waals surface area contributed by atoms with Gasteiger partial charge in [-0.05, 0) is 45.9 Å². The van der Waals surface area contributed by atoms with Crippen LogP contribution >= 0.6 is 0 Å². The van der Waals surface area contributed by atoms with Gasteiger partial charge in [0, 0.05) is 29.7 Å². The van der Waals surface area contributed by atoms with Crippen molar-refractivity contribution >= 4 is 0 Å². The molecule has 0 bridgehead atoms. The van der Waals surface area contributed by atoms with E-state index in [-0.39, 0.29) is 0 Å². The van der Waals surface area contributed by atoms with Crippen molar-refractivity contribution in [2.45, 2.75) is 40.7 Å². The highest BCUT2D eigenvalue weighted by Crippen LogP contribution is 2.17. The molecule has 0 radical (unpaired) electrons. The minimum Gasteiger partial charge on any atom is -0.313 e. The van der Waals surface area contributed by atoms with E-state index < -0.39 is 0 Å². The van der Waals surface area contributed by atoms with E-state index >= 15 is 0 Å². The van der Waals surface area contributed by atoms with Gasteiger partial charge in [0.2, 0.25) is 0 Å². The zero-order valence-corrected chi connectivity index (χ0v) is 12.2. The average Bonchev–Trinajstić information content (AvgIpc) is 2.70. The van der Waals surface area contributed by atoms with Crippen LogP contribution in [0.4, 0.5) is 0 Å². The Morgan fingerprint density at radius 3 is 2.58 bits per heavy atom. The van der Waals surface area contributed by atoms with Gasteiger partial charge in [0.05, 0.1) is 11.4 Å². The molecule has 2 rings (SSSR count). The summed E-state index contributed by atoms with van der Waals surface area (Å²) in [5.74, 6) is 0. The van der Waals surface area contributed by atoms with Gasteiger partial charge in [-0.25, -0.2) is 4.68 Å². The molecule has 2 heterocycles. The fourth-order valence-electron chi connectivity index (χ4n) is 2.18. The molecule has 0 aliphatic carbocycles. The Hall–Kier alpha value is -1.68. The number of hydrogen-bond acceptors (Lipinski definition) is 3. The normalized spacial score (nSPS) is 10.9. The molecule has 4 nitrogen and oxygen atoms in total. The van der Waals surface area contributed by atoms with Crippen molar-refractivity contribution in [1.82, 2.24) is 20.1 Å². The van der Waals surface area contributed by atoms with Crippen molar-refractivity contribution in [3.8, 4) is 5.69 Å². The summed E-state index contributed by atoms with van der Waals surface area (Å²) in [6, 6.07) is 4.20. The zero-order valence-electron chi connectivity index (χ0n) is 12.2. The number of hydrogen-bond donors (Lipinski definition) is 1. The number of nitrogens with one attached hydrogen (secondary N) is 1. The summed E-state index contributed by atoms with van der Waals surface area (Å²) >= 11 is 0. The highest BCUT2D eigenvalue weighted by molar-refractivity contribution is 5.41. The maximum Gasteiger partial charge on any atom is 0.0727 e. The van der Waals surface area contributed by atoms with E-state index in [1.807, 2.05) is 24.7 Å². The molecule has 0 aliphatic rings. The first-order valence-electron chi connectivity index (χ1n) is 6.81. The van der Waals surface area contributed by atoms with Crippen molar-refractivity contribution < 1.29 is 0 Å². The van der Waals surface area contributed by atoms with Crippen LogP contribution in [-0.4, -0.2) is 21.3 Å². The van der Waals surface area contributed by atoms with E-state index in [0.29, 0.717) is 0 Å². The lowest BCUT2D eigenvalue weighted by atomic mass is 10.2. The predicted molar refractivity (Wildman–Crippen MR) is 77.6 cm³/mol. The molecule has 2 aromatic rings. The van der Waals surface area contributed by atoms with Crippen molar-refractivity contribution in [2.75, 3.05) is 6.54 Å². The van der Waals surface area contributed by atoms with Gasteiger partial charge in [0.15, 0.2) is 0 Å². The van der Waals surface area contributed by atoms with Crippen molar-refractivity contribution in [3.05, 3.63) is 41.0 Å². The topological polar surface area (TPSA) is 42.7 Å². The lowest BCUT2D eigenvalue weighted by Gasteiger charge is -2.12.